The average molecular weight is 399 g/mol. The number of benzene rings is 1. The van der Waals surface area contributed by atoms with Crippen molar-refractivity contribution in [1.29, 1.82) is 0 Å². The van der Waals surface area contributed by atoms with Gasteiger partial charge in [0.05, 0.1) is 11.9 Å². The number of carbonyl (C=O) groups is 1. The summed E-state index contributed by atoms with van der Waals surface area (Å²) >= 11 is 0. The van der Waals surface area contributed by atoms with E-state index in [1.165, 1.54) is 33.9 Å². The molecule has 3 aromatic rings. The van der Waals surface area contributed by atoms with E-state index in [0.29, 0.717) is 41.6 Å². The van der Waals surface area contributed by atoms with E-state index in [-0.39, 0.29) is 23.8 Å². The Kier molecular flexibility index (Phi) is 6.10. The standard InChI is InChI=1S/C21H26FN5O2/c1-14(2)10-25(11-15(3)4)19(28)12-26-13-23-20-18(21(26)29)9-24-27(20)17-7-5-16(22)6-8-17/h5-9,13-15H,10-12H2,1-4H3. The Balaban J connectivity index is 1.89. The third-order valence-electron chi connectivity index (χ3n) is 4.46. The Morgan fingerprint density at radius 2 is 1.72 bits per heavy atom. The molecule has 1 amide bonds. The summed E-state index contributed by atoms with van der Waals surface area (Å²) in [5.74, 6) is 0.209. The van der Waals surface area contributed by atoms with Gasteiger partial charge < -0.3 is 4.90 Å². The number of carbonyl (C=O) groups excluding carboxylic acids is 1. The van der Waals surface area contributed by atoms with E-state index in [0.717, 1.165) is 0 Å². The van der Waals surface area contributed by atoms with Crippen molar-refractivity contribution in [1.82, 2.24) is 24.2 Å². The molecule has 29 heavy (non-hydrogen) atoms. The lowest BCUT2D eigenvalue weighted by atomic mass is 10.1. The van der Waals surface area contributed by atoms with Crippen LogP contribution < -0.4 is 5.56 Å². The molecule has 0 aliphatic carbocycles. The molecule has 0 N–H and O–H groups in total. The zero-order chi connectivity index (χ0) is 21.1. The van der Waals surface area contributed by atoms with Gasteiger partial charge in [-0.05, 0) is 36.1 Å². The van der Waals surface area contributed by atoms with Gasteiger partial charge in [-0.3, -0.25) is 14.2 Å². The average Bonchev–Trinajstić information content (AvgIpc) is 3.08. The maximum absolute atomic E-state index is 13.2. The Hall–Kier alpha value is -3.03. The quantitative estimate of drug-likeness (QED) is 0.612. The molecule has 1 aromatic carbocycles. The molecule has 0 radical (unpaired) electrons. The maximum Gasteiger partial charge on any atom is 0.264 e. The van der Waals surface area contributed by atoms with E-state index in [1.807, 2.05) is 0 Å². The van der Waals surface area contributed by atoms with Gasteiger partial charge in [0.25, 0.3) is 5.56 Å². The van der Waals surface area contributed by atoms with Crippen LogP contribution in [-0.2, 0) is 11.3 Å². The Bertz CT molecular complexity index is 1040. The highest BCUT2D eigenvalue weighted by Gasteiger charge is 2.19. The molecule has 0 bridgehead atoms. The lowest BCUT2D eigenvalue weighted by Gasteiger charge is -2.26. The van der Waals surface area contributed by atoms with Crippen LogP contribution in [0.25, 0.3) is 16.7 Å². The molecule has 154 valence electrons. The van der Waals surface area contributed by atoms with Gasteiger partial charge in [0, 0.05) is 13.1 Å². The molecule has 2 aromatic heterocycles. The number of hydrogen-bond donors (Lipinski definition) is 0. The van der Waals surface area contributed by atoms with Crippen LogP contribution in [0.3, 0.4) is 0 Å². The normalized spacial score (nSPS) is 11.6. The topological polar surface area (TPSA) is 73.0 Å². The summed E-state index contributed by atoms with van der Waals surface area (Å²) in [6.07, 6.45) is 2.79. The highest BCUT2D eigenvalue weighted by Crippen LogP contribution is 2.14. The van der Waals surface area contributed by atoms with Gasteiger partial charge in [-0.2, -0.15) is 5.10 Å². The van der Waals surface area contributed by atoms with Gasteiger partial charge in [-0.25, -0.2) is 14.1 Å². The van der Waals surface area contributed by atoms with Crippen LogP contribution in [0.15, 0.2) is 41.6 Å². The predicted octanol–water partition coefficient (Wildman–Crippen LogP) is 2.86. The molecule has 0 saturated carbocycles. The fourth-order valence-corrected chi connectivity index (χ4v) is 3.24. The first-order valence-corrected chi connectivity index (χ1v) is 9.73. The molecule has 8 heteroatoms. The molecule has 7 nitrogen and oxygen atoms in total. The molecular weight excluding hydrogens is 373 g/mol. The summed E-state index contributed by atoms with van der Waals surface area (Å²) < 4.78 is 16.0. The van der Waals surface area contributed by atoms with Gasteiger partial charge in [0.2, 0.25) is 5.91 Å². The summed E-state index contributed by atoms with van der Waals surface area (Å²) in [7, 11) is 0. The first kappa shape index (κ1) is 20.7. The van der Waals surface area contributed by atoms with Gasteiger partial charge in [0.1, 0.15) is 24.1 Å². The Morgan fingerprint density at radius 3 is 2.31 bits per heavy atom. The van der Waals surface area contributed by atoms with E-state index >= 15 is 0 Å². The minimum absolute atomic E-state index is 0.0665. The van der Waals surface area contributed by atoms with E-state index in [4.69, 9.17) is 0 Å². The molecule has 0 saturated heterocycles. The summed E-state index contributed by atoms with van der Waals surface area (Å²) in [6.45, 7) is 9.46. The van der Waals surface area contributed by atoms with Crippen LogP contribution >= 0.6 is 0 Å². The number of aromatic nitrogens is 4. The number of halogens is 1. The summed E-state index contributed by atoms with van der Waals surface area (Å²) in [6, 6.07) is 5.77. The maximum atomic E-state index is 13.2. The third kappa shape index (κ3) is 4.70. The molecular formula is C21H26FN5O2. The predicted molar refractivity (Wildman–Crippen MR) is 109 cm³/mol. The van der Waals surface area contributed by atoms with Crippen LogP contribution in [-0.4, -0.2) is 43.2 Å². The van der Waals surface area contributed by atoms with Crippen LogP contribution in [0.2, 0.25) is 0 Å². The fraction of sp³-hybridized carbons (Fsp3) is 0.429. The number of rotatable bonds is 7. The van der Waals surface area contributed by atoms with E-state index in [9.17, 15) is 14.0 Å². The monoisotopic (exact) mass is 399 g/mol. The molecule has 3 rings (SSSR count). The minimum Gasteiger partial charge on any atom is -0.341 e. The minimum atomic E-state index is -0.355. The fourth-order valence-electron chi connectivity index (χ4n) is 3.24. The van der Waals surface area contributed by atoms with Crippen molar-refractivity contribution in [3.63, 3.8) is 0 Å². The highest BCUT2D eigenvalue weighted by molar-refractivity contribution is 5.78. The van der Waals surface area contributed by atoms with E-state index < -0.39 is 0 Å². The molecule has 2 heterocycles. The first-order chi connectivity index (χ1) is 13.8. The second kappa shape index (κ2) is 8.55. The second-order valence-corrected chi connectivity index (χ2v) is 8.03. The lowest BCUT2D eigenvalue weighted by molar-refractivity contribution is -0.133. The summed E-state index contributed by atoms with van der Waals surface area (Å²) in [5, 5.41) is 4.52. The van der Waals surface area contributed by atoms with Gasteiger partial charge in [-0.1, -0.05) is 27.7 Å². The highest BCUT2D eigenvalue weighted by atomic mass is 19.1. The number of amides is 1. The third-order valence-corrected chi connectivity index (χ3v) is 4.46. The molecule has 0 unspecified atom stereocenters. The summed E-state index contributed by atoms with van der Waals surface area (Å²) in [5.41, 5.74) is 0.638. The van der Waals surface area contributed by atoms with Crippen LogP contribution in [0.1, 0.15) is 27.7 Å². The largest absolute Gasteiger partial charge is 0.341 e. The van der Waals surface area contributed by atoms with Gasteiger partial charge in [0.15, 0.2) is 5.65 Å². The van der Waals surface area contributed by atoms with E-state index in [1.54, 1.807) is 17.0 Å². The lowest BCUT2D eigenvalue weighted by Crippen LogP contribution is -2.40. The second-order valence-electron chi connectivity index (χ2n) is 8.03. The molecule has 0 spiro atoms. The van der Waals surface area contributed by atoms with E-state index in [2.05, 4.69) is 37.8 Å². The van der Waals surface area contributed by atoms with Crippen molar-refractivity contribution in [3.05, 3.63) is 53.0 Å². The molecule has 0 fully saturated rings. The molecule has 0 aliphatic heterocycles. The first-order valence-electron chi connectivity index (χ1n) is 9.73. The van der Waals surface area contributed by atoms with Crippen molar-refractivity contribution < 1.29 is 9.18 Å². The Labute approximate surface area is 168 Å². The zero-order valence-corrected chi connectivity index (χ0v) is 17.2. The van der Waals surface area contributed by atoms with Crippen LogP contribution in [0.4, 0.5) is 4.39 Å². The van der Waals surface area contributed by atoms with Crippen molar-refractivity contribution in [2.24, 2.45) is 11.8 Å². The number of nitrogens with zero attached hydrogens (tertiary/aromatic N) is 5. The number of fused-ring (bicyclic) bond motifs is 1. The van der Waals surface area contributed by atoms with Crippen molar-refractivity contribution in [2.75, 3.05) is 13.1 Å². The van der Waals surface area contributed by atoms with Crippen LogP contribution in [0, 0.1) is 17.7 Å². The van der Waals surface area contributed by atoms with Crippen molar-refractivity contribution in [3.8, 4) is 5.69 Å². The van der Waals surface area contributed by atoms with Crippen molar-refractivity contribution >= 4 is 16.9 Å². The van der Waals surface area contributed by atoms with Gasteiger partial charge >= 0.3 is 0 Å². The summed E-state index contributed by atoms with van der Waals surface area (Å²) in [4.78, 5) is 31.8. The van der Waals surface area contributed by atoms with Crippen molar-refractivity contribution in [2.45, 2.75) is 34.2 Å². The smallest absolute Gasteiger partial charge is 0.264 e. The molecule has 0 atom stereocenters. The van der Waals surface area contributed by atoms with Gasteiger partial charge in [-0.15, -0.1) is 0 Å². The Morgan fingerprint density at radius 1 is 1.10 bits per heavy atom. The number of hydrogen-bond acceptors (Lipinski definition) is 4. The zero-order valence-electron chi connectivity index (χ0n) is 17.2. The molecule has 0 aliphatic rings. The SMILES string of the molecule is CC(C)CN(CC(C)C)C(=O)Cn1cnc2c(cnn2-c2ccc(F)cc2)c1=O. The van der Waals surface area contributed by atoms with Crippen LogP contribution in [0.5, 0.6) is 0 Å².